The van der Waals surface area contributed by atoms with Crippen molar-refractivity contribution in [3.05, 3.63) is 35.4 Å². The van der Waals surface area contributed by atoms with Crippen molar-refractivity contribution in [3.8, 4) is 11.8 Å². The van der Waals surface area contributed by atoms with Crippen LogP contribution in [0.15, 0.2) is 29.8 Å². The summed E-state index contributed by atoms with van der Waals surface area (Å²) in [6.07, 6.45) is 7.13. The molecule has 21 heavy (non-hydrogen) atoms. The molecule has 1 aliphatic carbocycles. The van der Waals surface area contributed by atoms with Gasteiger partial charge in [0.1, 0.15) is 17.4 Å². The SMILES string of the molecule is COc1cccc(C=C(C#N)C(=O)NC2CCCCC2)c1. The number of nitrogens with zero attached hydrogens (tertiary/aromatic N) is 1. The molecule has 1 aliphatic rings. The molecule has 110 valence electrons. The van der Waals surface area contributed by atoms with Gasteiger partial charge in [-0.2, -0.15) is 5.26 Å². The second-order valence-corrected chi connectivity index (χ2v) is 5.25. The third kappa shape index (κ3) is 4.35. The average molecular weight is 284 g/mol. The highest BCUT2D eigenvalue weighted by atomic mass is 16.5. The number of amides is 1. The molecule has 1 fully saturated rings. The Bertz CT molecular complexity index is 566. The highest BCUT2D eigenvalue weighted by Gasteiger charge is 2.18. The van der Waals surface area contributed by atoms with Crippen molar-refractivity contribution in [2.75, 3.05) is 7.11 Å². The zero-order valence-corrected chi connectivity index (χ0v) is 12.3. The van der Waals surface area contributed by atoms with Gasteiger partial charge in [0.2, 0.25) is 0 Å². The van der Waals surface area contributed by atoms with Gasteiger partial charge in [0, 0.05) is 6.04 Å². The molecular formula is C17H20N2O2. The zero-order valence-electron chi connectivity index (χ0n) is 12.3. The van der Waals surface area contributed by atoms with Gasteiger partial charge in [0.15, 0.2) is 0 Å². The number of methoxy groups -OCH3 is 1. The molecule has 1 saturated carbocycles. The number of nitriles is 1. The maximum absolute atomic E-state index is 12.2. The van der Waals surface area contributed by atoms with E-state index in [0.29, 0.717) is 5.75 Å². The number of nitrogens with one attached hydrogen (secondary N) is 1. The highest BCUT2D eigenvalue weighted by molar-refractivity contribution is 6.01. The van der Waals surface area contributed by atoms with Gasteiger partial charge >= 0.3 is 0 Å². The summed E-state index contributed by atoms with van der Waals surface area (Å²) in [4.78, 5) is 12.2. The van der Waals surface area contributed by atoms with Crippen molar-refractivity contribution in [1.29, 1.82) is 5.26 Å². The highest BCUT2D eigenvalue weighted by Crippen LogP contribution is 2.19. The van der Waals surface area contributed by atoms with Crippen LogP contribution in [0.5, 0.6) is 5.75 Å². The van der Waals surface area contributed by atoms with Crippen molar-refractivity contribution in [2.45, 2.75) is 38.1 Å². The molecular weight excluding hydrogens is 264 g/mol. The topological polar surface area (TPSA) is 62.1 Å². The molecule has 1 aromatic rings. The van der Waals surface area contributed by atoms with Crippen molar-refractivity contribution in [1.82, 2.24) is 5.32 Å². The van der Waals surface area contributed by atoms with Crippen molar-refractivity contribution < 1.29 is 9.53 Å². The van der Waals surface area contributed by atoms with Crippen molar-refractivity contribution >= 4 is 12.0 Å². The van der Waals surface area contributed by atoms with E-state index >= 15 is 0 Å². The Hall–Kier alpha value is -2.28. The van der Waals surface area contributed by atoms with E-state index in [1.54, 1.807) is 19.3 Å². The molecule has 1 amide bonds. The van der Waals surface area contributed by atoms with Gasteiger partial charge in [-0.1, -0.05) is 31.4 Å². The fraction of sp³-hybridized carbons (Fsp3) is 0.412. The third-order valence-corrected chi connectivity index (χ3v) is 3.71. The van der Waals surface area contributed by atoms with Crippen molar-refractivity contribution in [2.24, 2.45) is 0 Å². The van der Waals surface area contributed by atoms with Crippen LogP contribution in [-0.2, 0) is 4.79 Å². The molecule has 0 unspecified atom stereocenters. The van der Waals surface area contributed by atoms with E-state index in [-0.39, 0.29) is 17.5 Å². The van der Waals surface area contributed by atoms with E-state index in [9.17, 15) is 10.1 Å². The van der Waals surface area contributed by atoms with Gasteiger partial charge < -0.3 is 10.1 Å². The normalized spacial score (nSPS) is 16.1. The Labute approximate surface area is 125 Å². The first-order valence-corrected chi connectivity index (χ1v) is 7.29. The van der Waals surface area contributed by atoms with Crippen LogP contribution >= 0.6 is 0 Å². The number of ether oxygens (including phenoxy) is 1. The van der Waals surface area contributed by atoms with Crippen LogP contribution in [0.4, 0.5) is 0 Å². The summed E-state index contributed by atoms with van der Waals surface area (Å²) in [6, 6.07) is 9.48. The Kier molecular flexibility index (Phi) is 5.39. The lowest BCUT2D eigenvalue weighted by molar-refractivity contribution is -0.117. The molecule has 0 saturated heterocycles. The fourth-order valence-corrected chi connectivity index (χ4v) is 2.56. The van der Waals surface area contributed by atoms with Crippen LogP contribution < -0.4 is 10.1 Å². The third-order valence-electron chi connectivity index (χ3n) is 3.71. The molecule has 0 aromatic heterocycles. The summed E-state index contributed by atoms with van der Waals surface area (Å²) in [5, 5.41) is 12.2. The average Bonchev–Trinajstić information content (AvgIpc) is 2.53. The van der Waals surface area contributed by atoms with Gasteiger partial charge in [-0.3, -0.25) is 4.79 Å². The lowest BCUT2D eigenvalue weighted by atomic mass is 9.95. The number of rotatable bonds is 4. The number of hydrogen-bond donors (Lipinski definition) is 1. The number of benzene rings is 1. The number of carbonyl (C=O) groups is 1. The maximum Gasteiger partial charge on any atom is 0.262 e. The van der Waals surface area contributed by atoms with Gasteiger partial charge in [-0.15, -0.1) is 0 Å². The zero-order chi connectivity index (χ0) is 15.1. The summed E-state index contributed by atoms with van der Waals surface area (Å²) in [5.74, 6) is 0.418. The molecule has 2 rings (SSSR count). The van der Waals surface area contributed by atoms with Gasteiger partial charge in [0.25, 0.3) is 5.91 Å². The summed E-state index contributed by atoms with van der Waals surface area (Å²) in [7, 11) is 1.59. The number of hydrogen-bond acceptors (Lipinski definition) is 3. The summed E-state index contributed by atoms with van der Waals surface area (Å²) in [5.41, 5.74) is 0.915. The quantitative estimate of drug-likeness (QED) is 0.682. The van der Waals surface area contributed by atoms with Crippen LogP contribution in [0, 0.1) is 11.3 Å². The van der Waals surface area contributed by atoms with E-state index < -0.39 is 0 Å². The molecule has 0 atom stereocenters. The Morgan fingerprint density at radius 2 is 2.14 bits per heavy atom. The standard InChI is InChI=1S/C17H20N2O2/c1-21-16-9-5-6-13(11-16)10-14(12-18)17(20)19-15-7-3-2-4-8-15/h5-6,9-11,15H,2-4,7-8H2,1H3,(H,19,20). The van der Waals surface area contributed by atoms with E-state index in [2.05, 4.69) is 5.32 Å². The van der Waals surface area contributed by atoms with Crippen LogP contribution in [-0.4, -0.2) is 19.1 Å². The number of carbonyl (C=O) groups excluding carboxylic acids is 1. The first-order chi connectivity index (χ1) is 10.2. The predicted octanol–water partition coefficient (Wildman–Crippen LogP) is 3.05. The minimum Gasteiger partial charge on any atom is -0.497 e. The lowest BCUT2D eigenvalue weighted by Gasteiger charge is -2.22. The smallest absolute Gasteiger partial charge is 0.262 e. The minimum atomic E-state index is -0.285. The molecule has 0 heterocycles. The van der Waals surface area contributed by atoms with E-state index in [1.165, 1.54) is 6.42 Å². The molecule has 1 aromatic carbocycles. The van der Waals surface area contributed by atoms with Crippen LogP contribution in [0.25, 0.3) is 6.08 Å². The van der Waals surface area contributed by atoms with Crippen LogP contribution in [0.2, 0.25) is 0 Å². The van der Waals surface area contributed by atoms with Gasteiger partial charge in [-0.05, 0) is 36.6 Å². The largest absolute Gasteiger partial charge is 0.497 e. The molecule has 0 bridgehead atoms. The molecule has 0 radical (unpaired) electrons. The summed E-state index contributed by atoms with van der Waals surface area (Å²) < 4.78 is 5.14. The Balaban J connectivity index is 2.08. The molecule has 4 heteroatoms. The minimum absolute atomic E-state index is 0.133. The van der Waals surface area contributed by atoms with Crippen LogP contribution in [0.3, 0.4) is 0 Å². The molecule has 0 aliphatic heterocycles. The van der Waals surface area contributed by atoms with E-state index in [1.807, 2.05) is 24.3 Å². The molecule has 0 spiro atoms. The molecule has 1 N–H and O–H groups in total. The monoisotopic (exact) mass is 284 g/mol. The first kappa shape index (κ1) is 15.1. The van der Waals surface area contributed by atoms with Crippen LogP contribution in [0.1, 0.15) is 37.7 Å². The summed E-state index contributed by atoms with van der Waals surface area (Å²) in [6.45, 7) is 0. The second kappa shape index (κ2) is 7.49. The fourth-order valence-electron chi connectivity index (χ4n) is 2.56. The molecule has 4 nitrogen and oxygen atoms in total. The maximum atomic E-state index is 12.2. The Morgan fingerprint density at radius 3 is 2.81 bits per heavy atom. The van der Waals surface area contributed by atoms with Gasteiger partial charge in [0.05, 0.1) is 7.11 Å². The lowest BCUT2D eigenvalue weighted by Crippen LogP contribution is -2.36. The summed E-state index contributed by atoms with van der Waals surface area (Å²) >= 11 is 0. The first-order valence-electron chi connectivity index (χ1n) is 7.29. The Morgan fingerprint density at radius 1 is 1.38 bits per heavy atom. The predicted molar refractivity (Wildman–Crippen MR) is 81.6 cm³/mol. The van der Waals surface area contributed by atoms with Crippen molar-refractivity contribution in [3.63, 3.8) is 0 Å². The van der Waals surface area contributed by atoms with Gasteiger partial charge in [-0.25, -0.2) is 0 Å². The second-order valence-electron chi connectivity index (χ2n) is 5.25. The van der Waals surface area contributed by atoms with E-state index in [4.69, 9.17) is 4.74 Å². The van der Waals surface area contributed by atoms with E-state index in [0.717, 1.165) is 31.2 Å².